The summed E-state index contributed by atoms with van der Waals surface area (Å²) >= 11 is 6.02. The minimum absolute atomic E-state index is 0.0840. The summed E-state index contributed by atoms with van der Waals surface area (Å²) in [6, 6.07) is 0. The lowest BCUT2D eigenvalue weighted by Gasteiger charge is -2.39. The zero-order chi connectivity index (χ0) is 25.7. The van der Waals surface area contributed by atoms with Crippen LogP contribution in [0.15, 0.2) is 39.4 Å². The normalized spacial score (nSPS) is 20.1. The van der Waals surface area contributed by atoms with Crippen LogP contribution in [0, 0.1) is 0 Å². The Morgan fingerprint density at radius 2 is 1.92 bits per heavy atom. The van der Waals surface area contributed by atoms with Gasteiger partial charge in [0, 0.05) is 50.5 Å². The number of hydrazine groups is 1. The Balaban J connectivity index is 1.36. The van der Waals surface area contributed by atoms with Crippen LogP contribution in [0.1, 0.15) is 29.8 Å². The van der Waals surface area contributed by atoms with Gasteiger partial charge in [0.15, 0.2) is 10.8 Å². The van der Waals surface area contributed by atoms with Gasteiger partial charge in [-0.3, -0.25) is 20.7 Å². The first-order valence-corrected chi connectivity index (χ1v) is 11.3. The van der Waals surface area contributed by atoms with Crippen LogP contribution in [0.3, 0.4) is 0 Å². The SMILES string of the molecule is NN=Nc1nc(N=NN)c(C(=O)NC2NC3(CCN(C(=O)CCn4ccnc4)CC3)CN2N)nc1Cl. The van der Waals surface area contributed by atoms with Crippen LogP contribution in [0.2, 0.25) is 5.15 Å². The van der Waals surface area contributed by atoms with Crippen LogP contribution in [0.5, 0.6) is 0 Å². The number of halogens is 1. The van der Waals surface area contributed by atoms with E-state index in [0.29, 0.717) is 45.4 Å². The van der Waals surface area contributed by atoms with Gasteiger partial charge in [-0.15, -0.1) is 10.2 Å². The molecule has 2 aliphatic rings. The lowest BCUT2D eigenvalue weighted by Crippen LogP contribution is -2.57. The number of carbonyl (C=O) groups excluding carboxylic acids is 2. The highest BCUT2D eigenvalue weighted by Crippen LogP contribution is 2.29. The zero-order valence-corrected chi connectivity index (χ0v) is 19.9. The van der Waals surface area contributed by atoms with Crippen LogP contribution in [0.25, 0.3) is 0 Å². The maximum Gasteiger partial charge on any atom is 0.276 e. The lowest BCUT2D eigenvalue weighted by molar-refractivity contribution is -0.133. The molecule has 8 N–H and O–H groups in total. The van der Waals surface area contributed by atoms with Crippen molar-refractivity contribution in [3.63, 3.8) is 0 Å². The fraction of sp³-hybridized carbons (Fsp3) is 0.500. The quantitative estimate of drug-likeness (QED) is 0.178. The molecule has 2 fully saturated rings. The Bertz CT molecular complexity index is 1150. The predicted molar refractivity (Wildman–Crippen MR) is 125 cm³/mol. The third-order valence-corrected chi connectivity index (χ3v) is 6.34. The molecule has 0 radical (unpaired) electrons. The van der Waals surface area contributed by atoms with Gasteiger partial charge in [0.1, 0.15) is 6.29 Å². The molecule has 2 aliphatic heterocycles. The van der Waals surface area contributed by atoms with E-state index in [9.17, 15) is 9.59 Å². The Morgan fingerprint density at radius 3 is 2.58 bits per heavy atom. The number of likely N-dealkylation sites (tertiary alicyclic amines) is 1. The van der Waals surface area contributed by atoms with E-state index < -0.39 is 12.2 Å². The minimum Gasteiger partial charge on any atom is -0.343 e. The van der Waals surface area contributed by atoms with Crippen LogP contribution in [-0.2, 0) is 11.3 Å². The van der Waals surface area contributed by atoms with E-state index in [1.807, 2.05) is 15.7 Å². The van der Waals surface area contributed by atoms with Gasteiger partial charge in [0.2, 0.25) is 17.5 Å². The van der Waals surface area contributed by atoms with Gasteiger partial charge >= 0.3 is 0 Å². The van der Waals surface area contributed by atoms with Crippen LogP contribution in [0.4, 0.5) is 11.6 Å². The highest BCUT2D eigenvalue weighted by molar-refractivity contribution is 6.31. The topological polar surface area (TPSA) is 236 Å². The molecule has 0 bridgehead atoms. The monoisotopic (exact) mass is 519 g/mol. The molecular weight excluding hydrogens is 494 g/mol. The van der Waals surface area contributed by atoms with E-state index in [1.165, 1.54) is 5.01 Å². The molecule has 1 unspecified atom stereocenters. The average molecular weight is 520 g/mol. The molecule has 1 spiro atoms. The second-order valence-electron chi connectivity index (χ2n) is 8.35. The molecule has 192 valence electrons. The number of aromatic nitrogens is 4. The number of hydrogen-bond donors (Lipinski definition) is 5. The van der Waals surface area contributed by atoms with Crippen molar-refractivity contribution in [1.82, 2.24) is 40.1 Å². The summed E-state index contributed by atoms with van der Waals surface area (Å²) in [6.45, 7) is 2.19. The van der Waals surface area contributed by atoms with Crippen molar-refractivity contribution in [1.29, 1.82) is 0 Å². The standard InChI is InChI=1S/C18H26ClN15O2/c19-13-15(29-31-21)25-14(28-30-20)12(24-13)16(36)26-17-27-18(9-34(17)22)2-6-33(7-3-18)11(35)1-5-32-8-4-23-10-32/h4,8,10,17,27H,1-3,5-7,9,22H2,(H,26,36)(H4,20,21,25,28,29). The fourth-order valence-corrected chi connectivity index (χ4v) is 4.42. The predicted octanol–water partition coefficient (Wildman–Crippen LogP) is -0.515. The zero-order valence-electron chi connectivity index (χ0n) is 19.2. The van der Waals surface area contributed by atoms with E-state index in [1.54, 1.807) is 12.5 Å². The second kappa shape index (κ2) is 10.9. The van der Waals surface area contributed by atoms with Gasteiger partial charge in [0.05, 0.1) is 6.33 Å². The molecule has 4 heterocycles. The highest BCUT2D eigenvalue weighted by atomic mass is 35.5. The molecule has 4 rings (SSSR count). The van der Waals surface area contributed by atoms with Crippen LogP contribution >= 0.6 is 11.6 Å². The van der Waals surface area contributed by atoms with Crippen molar-refractivity contribution < 1.29 is 9.59 Å². The number of amides is 2. The van der Waals surface area contributed by atoms with Gasteiger partial charge in [-0.25, -0.2) is 20.0 Å². The first-order valence-electron chi connectivity index (χ1n) is 11.0. The molecule has 0 aliphatic carbocycles. The number of imidazole rings is 1. The molecule has 17 nitrogen and oxygen atoms in total. The van der Waals surface area contributed by atoms with E-state index in [4.69, 9.17) is 29.1 Å². The second-order valence-corrected chi connectivity index (χ2v) is 8.70. The van der Waals surface area contributed by atoms with Crippen molar-refractivity contribution in [3.05, 3.63) is 29.6 Å². The minimum atomic E-state index is -0.715. The van der Waals surface area contributed by atoms with Gasteiger partial charge < -0.3 is 26.5 Å². The maximum absolute atomic E-state index is 13.0. The molecule has 2 amide bonds. The number of rotatable bonds is 7. The number of nitrogens with zero attached hydrogens (tertiary/aromatic N) is 10. The van der Waals surface area contributed by atoms with Crippen molar-refractivity contribution in [2.75, 3.05) is 19.6 Å². The summed E-state index contributed by atoms with van der Waals surface area (Å²) in [5, 5.41) is 20.8. The van der Waals surface area contributed by atoms with Gasteiger partial charge in [-0.2, -0.15) is 0 Å². The summed E-state index contributed by atoms with van der Waals surface area (Å²) in [4.78, 5) is 39.4. The highest BCUT2D eigenvalue weighted by Gasteiger charge is 2.45. The number of carbonyl (C=O) groups is 2. The fourth-order valence-electron chi connectivity index (χ4n) is 4.25. The molecular formula is C18H26ClN15O2. The maximum atomic E-state index is 13.0. The van der Waals surface area contributed by atoms with E-state index >= 15 is 0 Å². The number of piperidine rings is 1. The Labute approximate surface area is 210 Å². The lowest BCUT2D eigenvalue weighted by atomic mass is 9.88. The smallest absolute Gasteiger partial charge is 0.276 e. The molecule has 2 aromatic rings. The Morgan fingerprint density at radius 1 is 1.19 bits per heavy atom. The van der Waals surface area contributed by atoms with Crippen molar-refractivity contribution in [3.8, 4) is 0 Å². The van der Waals surface area contributed by atoms with Gasteiger partial charge in [0.25, 0.3) is 5.91 Å². The molecule has 36 heavy (non-hydrogen) atoms. The van der Waals surface area contributed by atoms with Crippen molar-refractivity contribution in [2.24, 2.45) is 38.2 Å². The number of aryl methyl sites for hydroxylation is 1. The van der Waals surface area contributed by atoms with Crippen LogP contribution < -0.4 is 28.2 Å². The van der Waals surface area contributed by atoms with Gasteiger partial charge in [-0.1, -0.05) is 22.0 Å². The molecule has 18 heteroatoms. The van der Waals surface area contributed by atoms with Crippen molar-refractivity contribution in [2.45, 2.75) is 37.6 Å². The van der Waals surface area contributed by atoms with Crippen molar-refractivity contribution >= 4 is 35.1 Å². The molecule has 0 saturated carbocycles. The summed E-state index contributed by atoms with van der Waals surface area (Å²) in [5.74, 6) is 15.4. The molecule has 2 saturated heterocycles. The first-order chi connectivity index (χ1) is 17.3. The largest absolute Gasteiger partial charge is 0.343 e. The summed E-state index contributed by atoms with van der Waals surface area (Å²) in [6.07, 6.45) is 6.21. The van der Waals surface area contributed by atoms with E-state index in [0.717, 1.165) is 0 Å². The third kappa shape index (κ3) is 5.54. The number of nitrogens with two attached hydrogens (primary N) is 3. The summed E-state index contributed by atoms with van der Waals surface area (Å²) in [7, 11) is 0. The Hall–Kier alpha value is -3.80. The molecule has 0 aromatic carbocycles. The van der Waals surface area contributed by atoms with Crippen LogP contribution in [-0.4, -0.2) is 72.7 Å². The van der Waals surface area contributed by atoms with Gasteiger partial charge in [-0.05, 0) is 12.8 Å². The summed E-state index contributed by atoms with van der Waals surface area (Å²) in [5.41, 5.74) is -0.609. The van der Waals surface area contributed by atoms with E-state index in [-0.39, 0.29) is 33.9 Å². The average Bonchev–Trinajstić information content (AvgIpc) is 3.48. The number of nitrogens with one attached hydrogen (secondary N) is 2. The third-order valence-electron chi connectivity index (χ3n) is 6.08. The van der Waals surface area contributed by atoms with E-state index in [2.05, 4.69) is 46.3 Å². The number of hydrogen-bond acceptors (Lipinski definition) is 12. The molecule has 2 aromatic heterocycles. The Kier molecular flexibility index (Phi) is 7.63. The molecule has 1 atom stereocenters. The summed E-state index contributed by atoms with van der Waals surface area (Å²) < 4.78 is 1.87. The first kappa shape index (κ1) is 25.3.